The maximum Gasteiger partial charge on any atom is 0.130 e. The van der Waals surface area contributed by atoms with Crippen LogP contribution in [0.15, 0.2) is 42.5 Å². The van der Waals surface area contributed by atoms with Crippen LogP contribution >= 0.6 is 0 Å². The van der Waals surface area contributed by atoms with Crippen LogP contribution in [0.4, 0.5) is 8.78 Å². The molecule has 0 saturated carbocycles. The minimum Gasteiger partial charge on any atom is -0.324 e. The molecule has 1 nitrogen and oxygen atoms in total. The molecular weight excluding hydrogens is 256 g/mol. The third-order valence-electron chi connectivity index (χ3n) is 3.50. The number of hydrogen-bond donors (Lipinski definition) is 1. The molecule has 3 heteroatoms. The first-order chi connectivity index (χ1) is 9.58. The predicted molar refractivity (Wildman–Crippen MR) is 77.4 cm³/mol. The lowest BCUT2D eigenvalue weighted by Crippen LogP contribution is -2.13. The number of aryl methyl sites for hydroxylation is 2. The van der Waals surface area contributed by atoms with Crippen LogP contribution in [-0.4, -0.2) is 0 Å². The summed E-state index contributed by atoms with van der Waals surface area (Å²) >= 11 is 0. The van der Waals surface area contributed by atoms with Crippen LogP contribution < -0.4 is 5.73 Å². The van der Waals surface area contributed by atoms with E-state index in [9.17, 15) is 8.78 Å². The Morgan fingerprint density at radius 2 is 1.75 bits per heavy atom. The summed E-state index contributed by atoms with van der Waals surface area (Å²) < 4.78 is 26.9. The Labute approximate surface area is 118 Å². The lowest BCUT2D eigenvalue weighted by molar-refractivity contribution is 0.532. The van der Waals surface area contributed by atoms with E-state index in [1.807, 2.05) is 18.2 Å². The summed E-state index contributed by atoms with van der Waals surface area (Å²) in [5.41, 5.74) is 8.09. The van der Waals surface area contributed by atoms with Gasteiger partial charge in [0.1, 0.15) is 11.6 Å². The lowest BCUT2D eigenvalue weighted by atomic mass is 9.98. The fourth-order valence-electron chi connectivity index (χ4n) is 2.29. The number of nitrogens with two attached hydrogens (primary N) is 1. The van der Waals surface area contributed by atoms with Gasteiger partial charge in [-0.25, -0.2) is 8.78 Å². The molecular formula is C17H19F2N. The molecule has 2 rings (SSSR count). The molecule has 1 atom stereocenters. The zero-order valence-corrected chi connectivity index (χ0v) is 11.6. The van der Waals surface area contributed by atoms with E-state index in [2.05, 4.69) is 12.1 Å². The summed E-state index contributed by atoms with van der Waals surface area (Å²) in [5.74, 6) is -1.08. The van der Waals surface area contributed by atoms with Gasteiger partial charge in [0.15, 0.2) is 0 Å². The van der Waals surface area contributed by atoms with Crippen molar-refractivity contribution in [2.45, 2.75) is 32.2 Å². The molecule has 0 fully saturated rings. The van der Waals surface area contributed by atoms with Gasteiger partial charge in [0.25, 0.3) is 0 Å². The standard InChI is InChI=1S/C17H19F2N/c1-12-10-14(16(19)11-15(12)18)17(20)9-5-8-13-6-3-2-4-7-13/h2-4,6-7,10-11,17H,5,8-9,20H2,1H3. The van der Waals surface area contributed by atoms with Crippen molar-refractivity contribution in [2.24, 2.45) is 5.73 Å². The van der Waals surface area contributed by atoms with Gasteiger partial charge in [0, 0.05) is 17.7 Å². The second-order valence-corrected chi connectivity index (χ2v) is 5.11. The minimum absolute atomic E-state index is 0.391. The van der Waals surface area contributed by atoms with Crippen molar-refractivity contribution in [1.29, 1.82) is 0 Å². The monoisotopic (exact) mass is 275 g/mol. The molecule has 106 valence electrons. The topological polar surface area (TPSA) is 26.0 Å². The van der Waals surface area contributed by atoms with Gasteiger partial charge >= 0.3 is 0 Å². The average molecular weight is 275 g/mol. The van der Waals surface area contributed by atoms with Gasteiger partial charge in [-0.3, -0.25) is 0 Å². The van der Waals surface area contributed by atoms with E-state index in [-0.39, 0.29) is 0 Å². The van der Waals surface area contributed by atoms with Crippen LogP contribution in [0.25, 0.3) is 0 Å². The molecule has 2 aromatic carbocycles. The molecule has 0 aliphatic rings. The van der Waals surface area contributed by atoms with Gasteiger partial charge in [-0.15, -0.1) is 0 Å². The number of hydrogen-bond acceptors (Lipinski definition) is 1. The fraction of sp³-hybridized carbons (Fsp3) is 0.294. The molecule has 0 aliphatic heterocycles. The van der Waals surface area contributed by atoms with Gasteiger partial charge < -0.3 is 5.73 Å². The normalized spacial score (nSPS) is 12.4. The Kier molecular flexibility index (Phi) is 4.85. The van der Waals surface area contributed by atoms with E-state index >= 15 is 0 Å². The summed E-state index contributed by atoms with van der Waals surface area (Å²) in [7, 11) is 0. The molecule has 0 saturated heterocycles. The van der Waals surface area contributed by atoms with Crippen LogP contribution in [-0.2, 0) is 6.42 Å². The Bertz CT molecular complexity index is 567. The minimum atomic E-state index is -0.555. The summed E-state index contributed by atoms with van der Waals surface area (Å²) in [6.07, 6.45) is 2.47. The van der Waals surface area contributed by atoms with E-state index in [1.54, 1.807) is 6.92 Å². The lowest BCUT2D eigenvalue weighted by Gasteiger charge is -2.14. The van der Waals surface area contributed by atoms with Crippen molar-refractivity contribution in [2.75, 3.05) is 0 Å². The van der Waals surface area contributed by atoms with Crippen LogP contribution in [0.5, 0.6) is 0 Å². The van der Waals surface area contributed by atoms with Gasteiger partial charge in [-0.1, -0.05) is 30.3 Å². The molecule has 0 radical (unpaired) electrons. The van der Waals surface area contributed by atoms with E-state index < -0.39 is 17.7 Å². The van der Waals surface area contributed by atoms with E-state index in [0.717, 1.165) is 18.9 Å². The van der Waals surface area contributed by atoms with Crippen molar-refractivity contribution >= 4 is 0 Å². The van der Waals surface area contributed by atoms with E-state index in [0.29, 0.717) is 17.5 Å². The average Bonchev–Trinajstić information content (AvgIpc) is 2.44. The van der Waals surface area contributed by atoms with Gasteiger partial charge in [0.2, 0.25) is 0 Å². The Hall–Kier alpha value is -1.74. The molecule has 2 aromatic rings. The molecule has 0 amide bonds. The molecule has 0 heterocycles. The second kappa shape index (κ2) is 6.62. The second-order valence-electron chi connectivity index (χ2n) is 5.11. The Morgan fingerprint density at radius 1 is 1.05 bits per heavy atom. The van der Waals surface area contributed by atoms with Crippen molar-refractivity contribution in [3.05, 3.63) is 70.8 Å². The molecule has 0 bridgehead atoms. The molecule has 1 unspecified atom stereocenters. The van der Waals surface area contributed by atoms with Gasteiger partial charge in [-0.05, 0) is 43.4 Å². The van der Waals surface area contributed by atoms with Crippen LogP contribution in [0.1, 0.15) is 35.6 Å². The van der Waals surface area contributed by atoms with E-state index in [1.165, 1.54) is 11.6 Å². The summed E-state index contributed by atoms with van der Waals surface area (Å²) in [6, 6.07) is 12.1. The fourth-order valence-corrected chi connectivity index (χ4v) is 2.29. The molecule has 2 N–H and O–H groups in total. The molecule has 20 heavy (non-hydrogen) atoms. The maximum atomic E-state index is 13.7. The number of rotatable bonds is 5. The van der Waals surface area contributed by atoms with Crippen LogP contribution in [0.3, 0.4) is 0 Å². The predicted octanol–water partition coefficient (Wildman–Crippen LogP) is 4.30. The highest BCUT2D eigenvalue weighted by atomic mass is 19.1. The Balaban J connectivity index is 1.95. The van der Waals surface area contributed by atoms with Crippen LogP contribution in [0, 0.1) is 18.6 Å². The third-order valence-corrected chi connectivity index (χ3v) is 3.50. The summed E-state index contributed by atoms with van der Waals surface area (Å²) in [6.45, 7) is 1.62. The van der Waals surface area contributed by atoms with E-state index in [4.69, 9.17) is 5.73 Å². The SMILES string of the molecule is Cc1cc(C(N)CCCc2ccccc2)c(F)cc1F. The summed E-state index contributed by atoms with van der Waals surface area (Å²) in [4.78, 5) is 0. The van der Waals surface area contributed by atoms with Crippen molar-refractivity contribution in [3.63, 3.8) is 0 Å². The highest BCUT2D eigenvalue weighted by molar-refractivity contribution is 5.28. The summed E-state index contributed by atoms with van der Waals surface area (Å²) in [5, 5.41) is 0. The van der Waals surface area contributed by atoms with Gasteiger partial charge in [0.05, 0.1) is 0 Å². The molecule has 0 aromatic heterocycles. The first kappa shape index (κ1) is 14.7. The number of halogens is 2. The van der Waals surface area contributed by atoms with Crippen molar-refractivity contribution in [1.82, 2.24) is 0 Å². The highest BCUT2D eigenvalue weighted by Gasteiger charge is 2.13. The quantitative estimate of drug-likeness (QED) is 0.865. The highest BCUT2D eigenvalue weighted by Crippen LogP contribution is 2.23. The molecule has 0 aliphatic carbocycles. The number of benzene rings is 2. The van der Waals surface area contributed by atoms with Crippen LogP contribution in [0.2, 0.25) is 0 Å². The smallest absolute Gasteiger partial charge is 0.130 e. The maximum absolute atomic E-state index is 13.7. The van der Waals surface area contributed by atoms with Crippen molar-refractivity contribution in [3.8, 4) is 0 Å². The first-order valence-electron chi connectivity index (χ1n) is 6.83. The first-order valence-corrected chi connectivity index (χ1v) is 6.83. The molecule has 0 spiro atoms. The largest absolute Gasteiger partial charge is 0.324 e. The van der Waals surface area contributed by atoms with Crippen molar-refractivity contribution < 1.29 is 8.78 Å². The third kappa shape index (κ3) is 3.64. The zero-order valence-electron chi connectivity index (χ0n) is 11.6. The Morgan fingerprint density at radius 3 is 2.45 bits per heavy atom. The van der Waals surface area contributed by atoms with Gasteiger partial charge in [-0.2, -0.15) is 0 Å². The zero-order chi connectivity index (χ0) is 14.5.